The highest BCUT2D eigenvalue weighted by atomic mass is 35.5. The van der Waals surface area contributed by atoms with Gasteiger partial charge in [0.05, 0.1) is 6.54 Å². The summed E-state index contributed by atoms with van der Waals surface area (Å²) in [5, 5.41) is 14.9. The van der Waals surface area contributed by atoms with E-state index >= 15 is 0 Å². The van der Waals surface area contributed by atoms with Crippen LogP contribution in [0, 0.1) is 0 Å². The van der Waals surface area contributed by atoms with E-state index in [0.29, 0.717) is 29.5 Å². The zero-order valence-electron chi connectivity index (χ0n) is 9.69. The molecular formula is C12H13ClN4O. The molecule has 1 aromatic carbocycles. The van der Waals surface area contributed by atoms with Crippen LogP contribution in [0.1, 0.15) is 18.7 Å². The zero-order chi connectivity index (χ0) is 12.4. The number of benzene rings is 1. The Morgan fingerprint density at radius 1 is 1.22 bits per heavy atom. The standard InChI is InChI=1S/C12H13ClN4O/c13-8-1-3-10(4-2-8)15-12-17-16-11(18-12)7-14-9-5-6-9/h1-4,9,14H,5-7H2,(H,15,17). The van der Waals surface area contributed by atoms with Gasteiger partial charge < -0.3 is 15.1 Å². The minimum Gasteiger partial charge on any atom is -0.406 e. The molecule has 1 aromatic heterocycles. The predicted octanol–water partition coefficient (Wildman–Crippen LogP) is 2.72. The van der Waals surface area contributed by atoms with Crippen molar-refractivity contribution in [2.75, 3.05) is 5.32 Å². The number of aromatic nitrogens is 2. The van der Waals surface area contributed by atoms with E-state index in [2.05, 4.69) is 20.8 Å². The molecule has 5 nitrogen and oxygen atoms in total. The zero-order valence-corrected chi connectivity index (χ0v) is 10.4. The van der Waals surface area contributed by atoms with Crippen molar-refractivity contribution in [3.05, 3.63) is 35.2 Å². The summed E-state index contributed by atoms with van der Waals surface area (Å²) >= 11 is 5.81. The summed E-state index contributed by atoms with van der Waals surface area (Å²) in [6.45, 7) is 0.625. The average Bonchev–Trinajstić information content (AvgIpc) is 3.10. The van der Waals surface area contributed by atoms with Gasteiger partial charge in [0.2, 0.25) is 5.89 Å². The van der Waals surface area contributed by atoms with Gasteiger partial charge in [-0.15, -0.1) is 5.10 Å². The Labute approximate surface area is 110 Å². The summed E-state index contributed by atoms with van der Waals surface area (Å²) in [6, 6.07) is 8.34. The summed E-state index contributed by atoms with van der Waals surface area (Å²) in [5.41, 5.74) is 0.866. The normalized spacial score (nSPS) is 14.7. The summed E-state index contributed by atoms with van der Waals surface area (Å²) in [7, 11) is 0. The lowest BCUT2D eigenvalue weighted by atomic mass is 10.3. The lowest BCUT2D eigenvalue weighted by Crippen LogP contribution is -2.15. The first kappa shape index (κ1) is 11.5. The van der Waals surface area contributed by atoms with Crippen molar-refractivity contribution >= 4 is 23.3 Å². The second-order valence-corrected chi connectivity index (χ2v) is 4.72. The van der Waals surface area contributed by atoms with Crippen LogP contribution < -0.4 is 10.6 Å². The van der Waals surface area contributed by atoms with Crippen LogP contribution in [0.3, 0.4) is 0 Å². The maximum atomic E-state index is 5.81. The Balaban J connectivity index is 1.60. The maximum absolute atomic E-state index is 5.81. The SMILES string of the molecule is Clc1ccc(Nc2nnc(CNC3CC3)o2)cc1. The third kappa shape index (κ3) is 3.00. The molecule has 0 aliphatic heterocycles. The third-order valence-corrected chi connectivity index (χ3v) is 2.93. The fourth-order valence-corrected chi connectivity index (χ4v) is 1.68. The molecule has 18 heavy (non-hydrogen) atoms. The second kappa shape index (κ2) is 4.96. The van der Waals surface area contributed by atoms with E-state index < -0.39 is 0 Å². The Kier molecular flexibility index (Phi) is 3.17. The molecule has 6 heteroatoms. The van der Waals surface area contributed by atoms with Gasteiger partial charge in [0, 0.05) is 16.8 Å². The molecule has 1 saturated carbocycles. The highest BCUT2D eigenvalue weighted by Crippen LogP contribution is 2.20. The number of hydrogen-bond acceptors (Lipinski definition) is 5. The highest BCUT2D eigenvalue weighted by molar-refractivity contribution is 6.30. The summed E-state index contributed by atoms with van der Waals surface area (Å²) in [5.74, 6) is 0.596. The number of rotatable bonds is 5. The number of hydrogen-bond donors (Lipinski definition) is 2. The smallest absolute Gasteiger partial charge is 0.320 e. The fraction of sp³-hybridized carbons (Fsp3) is 0.333. The molecule has 3 rings (SSSR count). The van der Waals surface area contributed by atoms with Gasteiger partial charge in [-0.1, -0.05) is 16.7 Å². The van der Waals surface area contributed by atoms with Gasteiger partial charge in [-0.25, -0.2) is 0 Å². The quantitative estimate of drug-likeness (QED) is 0.869. The average molecular weight is 265 g/mol. The first-order valence-electron chi connectivity index (χ1n) is 5.88. The topological polar surface area (TPSA) is 63.0 Å². The molecule has 94 valence electrons. The van der Waals surface area contributed by atoms with Crippen molar-refractivity contribution in [2.24, 2.45) is 0 Å². The summed E-state index contributed by atoms with van der Waals surface area (Å²) in [4.78, 5) is 0. The number of nitrogens with one attached hydrogen (secondary N) is 2. The van der Waals surface area contributed by atoms with Crippen molar-refractivity contribution in [1.82, 2.24) is 15.5 Å². The Hall–Kier alpha value is -1.59. The predicted molar refractivity (Wildman–Crippen MR) is 68.9 cm³/mol. The van der Waals surface area contributed by atoms with Gasteiger partial charge in [-0.05, 0) is 37.1 Å². The number of nitrogens with zero attached hydrogens (tertiary/aromatic N) is 2. The molecule has 1 aliphatic rings. The molecule has 0 spiro atoms. The van der Waals surface area contributed by atoms with Gasteiger partial charge in [-0.3, -0.25) is 0 Å². The van der Waals surface area contributed by atoms with Crippen LogP contribution >= 0.6 is 11.6 Å². The van der Waals surface area contributed by atoms with E-state index in [1.54, 1.807) is 12.1 Å². The summed E-state index contributed by atoms with van der Waals surface area (Å²) in [6.07, 6.45) is 2.48. The van der Waals surface area contributed by atoms with Crippen LogP contribution in [0.25, 0.3) is 0 Å². The Morgan fingerprint density at radius 2 is 2.00 bits per heavy atom. The molecule has 0 bridgehead atoms. The van der Waals surface area contributed by atoms with Crippen LogP contribution in [0.4, 0.5) is 11.7 Å². The molecular weight excluding hydrogens is 252 g/mol. The van der Waals surface area contributed by atoms with Crippen LogP contribution in [0.15, 0.2) is 28.7 Å². The van der Waals surface area contributed by atoms with Crippen LogP contribution in [0.2, 0.25) is 5.02 Å². The minimum atomic E-state index is 0.393. The number of halogens is 1. The van der Waals surface area contributed by atoms with Crippen LogP contribution in [-0.2, 0) is 6.54 Å². The van der Waals surface area contributed by atoms with Crippen molar-refractivity contribution in [1.29, 1.82) is 0 Å². The molecule has 1 heterocycles. The second-order valence-electron chi connectivity index (χ2n) is 4.29. The molecule has 1 fully saturated rings. The van der Waals surface area contributed by atoms with Crippen LogP contribution in [-0.4, -0.2) is 16.2 Å². The highest BCUT2D eigenvalue weighted by Gasteiger charge is 2.21. The van der Waals surface area contributed by atoms with Gasteiger partial charge in [0.15, 0.2) is 0 Å². The number of anilines is 2. The van der Waals surface area contributed by atoms with E-state index in [1.165, 1.54) is 12.8 Å². The molecule has 0 atom stereocenters. The Bertz CT molecular complexity index is 521. The molecule has 0 amide bonds. The lowest BCUT2D eigenvalue weighted by Gasteiger charge is -2.00. The van der Waals surface area contributed by atoms with E-state index in [1.807, 2.05) is 12.1 Å². The van der Waals surface area contributed by atoms with Gasteiger partial charge in [0.25, 0.3) is 0 Å². The molecule has 2 N–H and O–H groups in total. The van der Waals surface area contributed by atoms with Gasteiger partial charge >= 0.3 is 6.01 Å². The van der Waals surface area contributed by atoms with E-state index in [4.69, 9.17) is 16.0 Å². The van der Waals surface area contributed by atoms with Crippen molar-refractivity contribution in [3.8, 4) is 0 Å². The first-order valence-corrected chi connectivity index (χ1v) is 6.26. The van der Waals surface area contributed by atoms with Gasteiger partial charge in [-0.2, -0.15) is 0 Å². The molecule has 2 aromatic rings. The van der Waals surface area contributed by atoms with Crippen molar-refractivity contribution in [3.63, 3.8) is 0 Å². The largest absolute Gasteiger partial charge is 0.406 e. The maximum Gasteiger partial charge on any atom is 0.320 e. The summed E-state index contributed by atoms with van der Waals surface area (Å²) < 4.78 is 5.47. The van der Waals surface area contributed by atoms with E-state index in [-0.39, 0.29) is 0 Å². The first-order chi connectivity index (χ1) is 8.79. The van der Waals surface area contributed by atoms with E-state index in [0.717, 1.165) is 5.69 Å². The van der Waals surface area contributed by atoms with E-state index in [9.17, 15) is 0 Å². The molecule has 1 aliphatic carbocycles. The molecule has 0 radical (unpaired) electrons. The van der Waals surface area contributed by atoms with Crippen LogP contribution in [0.5, 0.6) is 0 Å². The lowest BCUT2D eigenvalue weighted by molar-refractivity contribution is 0.478. The fourth-order valence-electron chi connectivity index (χ4n) is 1.55. The molecule has 0 unspecified atom stereocenters. The van der Waals surface area contributed by atoms with Crippen molar-refractivity contribution in [2.45, 2.75) is 25.4 Å². The minimum absolute atomic E-state index is 0.393. The molecule has 0 saturated heterocycles. The van der Waals surface area contributed by atoms with Gasteiger partial charge in [0.1, 0.15) is 0 Å². The van der Waals surface area contributed by atoms with Crippen molar-refractivity contribution < 1.29 is 4.42 Å². The monoisotopic (exact) mass is 264 g/mol. The third-order valence-electron chi connectivity index (χ3n) is 2.68. The Morgan fingerprint density at radius 3 is 2.72 bits per heavy atom.